The third kappa shape index (κ3) is 2.73. The fourth-order valence-corrected chi connectivity index (χ4v) is 1.67. The van der Waals surface area contributed by atoms with Crippen LogP contribution in [-0.2, 0) is 0 Å². The second-order valence-electron chi connectivity index (χ2n) is 3.37. The standard InChI is InChI=1S/C8H15F2N/c9-8(10)6-3-1-2-4-7(11)5-6/h6-8H,1-5,11H2/t6-,7-/m1/s1. The number of rotatable bonds is 1. The molecule has 0 radical (unpaired) electrons. The number of nitrogens with two attached hydrogens (primary N) is 1. The van der Waals surface area contributed by atoms with Crippen LogP contribution in [0.4, 0.5) is 8.78 Å². The van der Waals surface area contributed by atoms with Crippen LogP contribution in [-0.4, -0.2) is 12.5 Å². The van der Waals surface area contributed by atoms with Crippen LogP contribution < -0.4 is 5.73 Å². The molecule has 0 aliphatic heterocycles. The van der Waals surface area contributed by atoms with Crippen molar-refractivity contribution < 1.29 is 8.78 Å². The lowest BCUT2D eigenvalue weighted by molar-refractivity contribution is 0.0665. The maximum Gasteiger partial charge on any atom is 0.241 e. The van der Waals surface area contributed by atoms with Gasteiger partial charge in [0.1, 0.15) is 0 Å². The highest BCUT2D eigenvalue weighted by Crippen LogP contribution is 2.26. The smallest absolute Gasteiger partial charge is 0.241 e. The predicted octanol–water partition coefficient (Wildman–Crippen LogP) is 2.16. The summed E-state index contributed by atoms with van der Waals surface area (Å²) in [7, 11) is 0. The van der Waals surface area contributed by atoms with E-state index in [1.54, 1.807) is 0 Å². The molecular weight excluding hydrogens is 148 g/mol. The molecule has 0 aromatic heterocycles. The molecule has 0 heterocycles. The fourth-order valence-electron chi connectivity index (χ4n) is 1.67. The Morgan fingerprint density at radius 2 is 1.82 bits per heavy atom. The summed E-state index contributed by atoms with van der Waals surface area (Å²) < 4.78 is 24.4. The van der Waals surface area contributed by atoms with Gasteiger partial charge in [0.25, 0.3) is 0 Å². The average molecular weight is 163 g/mol. The van der Waals surface area contributed by atoms with Crippen LogP contribution in [0.15, 0.2) is 0 Å². The normalized spacial score (nSPS) is 33.8. The van der Waals surface area contributed by atoms with Gasteiger partial charge >= 0.3 is 0 Å². The zero-order valence-electron chi connectivity index (χ0n) is 6.60. The molecular formula is C8H15F2N. The van der Waals surface area contributed by atoms with E-state index in [4.69, 9.17) is 5.73 Å². The monoisotopic (exact) mass is 163 g/mol. The van der Waals surface area contributed by atoms with Crippen molar-refractivity contribution in [3.63, 3.8) is 0 Å². The molecule has 66 valence electrons. The van der Waals surface area contributed by atoms with Crippen LogP contribution in [0.25, 0.3) is 0 Å². The van der Waals surface area contributed by atoms with Crippen molar-refractivity contribution >= 4 is 0 Å². The molecule has 1 aliphatic carbocycles. The maximum atomic E-state index is 12.2. The van der Waals surface area contributed by atoms with Crippen molar-refractivity contribution in [2.24, 2.45) is 11.7 Å². The number of halogens is 2. The minimum absolute atomic E-state index is 0.0106. The molecule has 2 N–H and O–H groups in total. The van der Waals surface area contributed by atoms with E-state index in [9.17, 15) is 8.78 Å². The summed E-state index contributed by atoms with van der Waals surface area (Å²) >= 11 is 0. The third-order valence-electron chi connectivity index (χ3n) is 2.36. The Balaban J connectivity index is 2.39. The molecule has 0 spiro atoms. The first-order chi connectivity index (χ1) is 5.20. The lowest BCUT2D eigenvalue weighted by Gasteiger charge is -2.15. The van der Waals surface area contributed by atoms with E-state index in [2.05, 4.69) is 0 Å². The highest BCUT2D eigenvalue weighted by Gasteiger charge is 2.24. The summed E-state index contributed by atoms with van der Waals surface area (Å²) in [6, 6.07) is 0.0106. The van der Waals surface area contributed by atoms with Crippen LogP contribution in [0, 0.1) is 5.92 Å². The maximum absolute atomic E-state index is 12.2. The van der Waals surface area contributed by atoms with E-state index in [0.29, 0.717) is 12.8 Å². The second kappa shape index (κ2) is 4.00. The van der Waals surface area contributed by atoms with Gasteiger partial charge in [0, 0.05) is 12.0 Å². The Bertz CT molecular complexity index is 117. The van der Waals surface area contributed by atoms with Gasteiger partial charge in [-0.15, -0.1) is 0 Å². The van der Waals surface area contributed by atoms with E-state index in [1.807, 2.05) is 0 Å². The van der Waals surface area contributed by atoms with Crippen molar-refractivity contribution in [3.8, 4) is 0 Å². The topological polar surface area (TPSA) is 26.0 Å². The molecule has 2 atom stereocenters. The summed E-state index contributed by atoms with van der Waals surface area (Å²) in [5, 5.41) is 0. The predicted molar refractivity (Wildman–Crippen MR) is 40.6 cm³/mol. The van der Waals surface area contributed by atoms with E-state index < -0.39 is 12.3 Å². The molecule has 0 amide bonds. The molecule has 3 heteroatoms. The van der Waals surface area contributed by atoms with Gasteiger partial charge in [0.05, 0.1) is 0 Å². The molecule has 11 heavy (non-hydrogen) atoms. The Labute approximate surface area is 66.0 Å². The van der Waals surface area contributed by atoms with Crippen LogP contribution >= 0.6 is 0 Å². The molecule has 1 saturated carbocycles. The van der Waals surface area contributed by atoms with E-state index >= 15 is 0 Å². The van der Waals surface area contributed by atoms with Gasteiger partial charge in [-0.05, 0) is 19.3 Å². The van der Waals surface area contributed by atoms with E-state index in [1.165, 1.54) is 0 Å². The van der Waals surface area contributed by atoms with Gasteiger partial charge in [-0.2, -0.15) is 0 Å². The summed E-state index contributed by atoms with van der Waals surface area (Å²) in [6.45, 7) is 0. The van der Waals surface area contributed by atoms with Gasteiger partial charge < -0.3 is 5.73 Å². The molecule has 1 aliphatic rings. The van der Waals surface area contributed by atoms with Crippen LogP contribution in [0.3, 0.4) is 0 Å². The summed E-state index contributed by atoms with van der Waals surface area (Å²) in [4.78, 5) is 0. The molecule has 0 unspecified atom stereocenters. The third-order valence-corrected chi connectivity index (χ3v) is 2.36. The zero-order valence-corrected chi connectivity index (χ0v) is 6.60. The quantitative estimate of drug-likeness (QED) is 0.589. The van der Waals surface area contributed by atoms with Crippen molar-refractivity contribution in [3.05, 3.63) is 0 Å². The SMILES string of the molecule is N[C@@H]1CCCC[C@@H](C(F)F)C1. The Morgan fingerprint density at radius 1 is 1.18 bits per heavy atom. The number of alkyl halides is 2. The molecule has 0 aromatic carbocycles. The summed E-state index contributed by atoms with van der Waals surface area (Å²) in [6.07, 6.45) is 1.86. The average Bonchev–Trinajstić information content (AvgIpc) is 2.13. The Kier molecular flexibility index (Phi) is 3.24. The van der Waals surface area contributed by atoms with Gasteiger partial charge in [0.2, 0.25) is 6.43 Å². The van der Waals surface area contributed by atoms with Crippen molar-refractivity contribution in [1.29, 1.82) is 0 Å². The number of hydrogen-bond donors (Lipinski definition) is 1. The highest BCUT2D eigenvalue weighted by atomic mass is 19.3. The molecule has 0 saturated heterocycles. The van der Waals surface area contributed by atoms with Crippen LogP contribution in [0.2, 0.25) is 0 Å². The zero-order chi connectivity index (χ0) is 8.27. The first-order valence-electron chi connectivity index (χ1n) is 4.24. The summed E-state index contributed by atoms with van der Waals surface area (Å²) in [5.74, 6) is -0.438. The van der Waals surface area contributed by atoms with Gasteiger partial charge in [-0.1, -0.05) is 12.8 Å². The van der Waals surface area contributed by atoms with E-state index in [0.717, 1.165) is 19.3 Å². The van der Waals surface area contributed by atoms with Crippen LogP contribution in [0.1, 0.15) is 32.1 Å². The van der Waals surface area contributed by atoms with Crippen molar-refractivity contribution in [2.45, 2.75) is 44.6 Å². The molecule has 1 fully saturated rings. The van der Waals surface area contributed by atoms with Gasteiger partial charge in [0.15, 0.2) is 0 Å². The molecule has 1 nitrogen and oxygen atoms in total. The number of hydrogen-bond acceptors (Lipinski definition) is 1. The van der Waals surface area contributed by atoms with Gasteiger partial charge in [-0.3, -0.25) is 0 Å². The molecule has 1 rings (SSSR count). The minimum atomic E-state index is -2.17. The van der Waals surface area contributed by atoms with Crippen molar-refractivity contribution in [1.82, 2.24) is 0 Å². The van der Waals surface area contributed by atoms with Gasteiger partial charge in [-0.25, -0.2) is 8.78 Å². The lowest BCUT2D eigenvalue weighted by Crippen LogP contribution is -2.24. The summed E-state index contributed by atoms with van der Waals surface area (Å²) in [5.41, 5.74) is 5.63. The second-order valence-corrected chi connectivity index (χ2v) is 3.37. The lowest BCUT2D eigenvalue weighted by atomic mass is 9.99. The Hall–Kier alpha value is -0.180. The van der Waals surface area contributed by atoms with Crippen molar-refractivity contribution in [2.75, 3.05) is 0 Å². The molecule has 0 aromatic rings. The minimum Gasteiger partial charge on any atom is -0.328 e. The molecule has 0 bridgehead atoms. The first-order valence-corrected chi connectivity index (χ1v) is 4.24. The Morgan fingerprint density at radius 3 is 2.45 bits per heavy atom. The highest BCUT2D eigenvalue weighted by molar-refractivity contribution is 4.74. The largest absolute Gasteiger partial charge is 0.328 e. The van der Waals surface area contributed by atoms with Crippen LogP contribution in [0.5, 0.6) is 0 Å². The van der Waals surface area contributed by atoms with E-state index in [-0.39, 0.29) is 6.04 Å². The first kappa shape index (κ1) is 8.91. The fraction of sp³-hybridized carbons (Fsp3) is 1.00.